The van der Waals surface area contributed by atoms with E-state index in [1.807, 2.05) is 0 Å². The predicted octanol–water partition coefficient (Wildman–Crippen LogP) is 4.47. The van der Waals surface area contributed by atoms with E-state index in [0.717, 1.165) is 37.7 Å². The Morgan fingerprint density at radius 1 is 1.35 bits per heavy atom. The summed E-state index contributed by atoms with van der Waals surface area (Å²) in [5.74, 6) is 1.18. The van der Waals surface area contributed by atoms with Crippen LogP contribution >= 0.6 is 0 Å². The molecule has 3 nitrogen and oxygen atoms in total. The molecule has 0 amide bonds. The van der Waals surface area contributed by atoms with Crippen LogP contribution in [0.15, 0.2) is 12.2 Å². The molecule has 128 valence electrons. The van der Waals surface area contributed by atoms with Crippen molar-refractivity contribution in [1.29, 1.82) is 0 Å². The molecule has 23 heavy (non-hydrogen) atoms. The molecule has 0 aromatic carbocycles. The molecule has 0 aromatic rings. The minimum Gasteiger partial charge on any atom is -0.481 e. The predicted molar refractivity (Wildman–Crippen MR) is 89.9 cm³/mol. The first-order chi connectivity index (χ1) is 10.7. The van der Waals surface area contributed by atoms with Crippen molar-refractivity contribution in [3.05, 3.63) is 12.2 Å². The summed E-state index contributed by atoms with van der Waals surface area (Å²) >= 11 is 0. The molecule has 0 saturated heterocycles. The summed E-state index contributed by atoms with van der Waals surface area (Å²) in [6.45, 7) is 10.6. The van der Waals surface area contributed by atoms with Crippen LogP contribution in [-0.2, 0) is 9.59 Å². The summed E-state index contributed by atoms with van der Waals surface area (Å²) in [6, 6.07) is 0. The number of ketones is 1. The molecule has 0 aliphatic heterocycles. The summed E-state index contributed by atoms with van der Waals surface area (Å²) < 4.78 is 0. The van der Waals surface area contributed by atoms with Gasteiger partial charge in [-0.15, -0.1) is 0 Å². The molecule has 3 fully saturated rings. The summed E-state index contributed by atoms with van der Waals surface area (Å²) in [5.41, 5.74) is 0.891. The number of rotatable bonds is 4. The second-order valence-electron chi connectivity index (χ2n) is 8.74. The van der Waals surface area contributed by atoms with Crippen molar-refractivity contribution in [3.63, 3.8) is 0 Å². The second kappa shape index (κ2) is 5.46. The molecule has 6 atom stereocenters. The van der Waals surface area contributed by atoms with E-state index in [1.165, 1.54) is 0 Å². The van der Waals surface area contributed by atoms with Crippen LogP contribution in [0.5, 0.6) is 0 Å². The molecule has 3 saturated carbocycles. The first-order valence-electron chi connectivity index (χ1n) is 9.14. The molecule has 1 unspecified atom stereocenters. The highest BCUT2D eigenvalue weighted by Crippen LogP contribution is 2.68. The van der Waals surface area contributed by atoms with Crippen LogP contribution in [0.1, 0.15) is 65.7 Å². The van der Waals surface area contributed by atoms with Gasteiger partial charge in [-0.25, -0.2) is 0 Å². The maximum absolute atomic E-state index is 13.1. The quantitative estimate of drug-likeness (QED) is 0.778. The van der Waals surface area contributed by atoms with E-state index in [4.69, 9.17) is 0 Å². The van der Waals surface area contributed by atoms with Crippen LogP contribution < -0.4 is 0 Å². The molecular weight excluding hydrogens is 288 g/mol. The minimum absolute atomic E-state index is 0.104. The highest BCUT2D eigenvalue weighted by Gasteiger charge is 2.64. The molecule has 1 spiro atoms. The van der Waals surface area contributed by atoms with Crippen molar-refractivity contribution in [2.45, 2.75) is 65.7 Å². The van der Waals surface area contributed by atoms with E-state index in [9.17, 15) is 14.7 Å². The summed E-state index contributed by atoms with van der Waals surface area (Å²) in [4.78, 5) is 24.3. The van der Waals surface area contributed by atoms with Gasteiger partial charge < -0.3 is 5.11 Å². The average Bonchev–Trinajstić information content (AvgIpc) is 2.66. The maximum atomic E-state index is 13.1. The topological polar surface area (TPSA) is 54.4 Å². The first kappa shape index (κ1) is 16.7. The van der Waals surface area contributed by atoms with Crippen molar-refractivity contribution in [1.82, 2.24) is 0 Å². The van der Waals surface area contributed by atoms with Crippen LogP contribution in [0.3, 0.4) is 0 Å². The number of fused-ring (bicyclic) bond motifs is 1. The Labute approximate surface area is 139 Å². The van der Waals surface area contributed by atoms with E-state index in [0.29, 0.717) is 30.0 Å². The zero-order valence-electron chi connectivity index (χ0n) is 14.7. The fourth-order valence-corrected chi connectivity index (χ4v) is 6.60. The molecule has 3 aliphatic carbocycles. The maximum Gasteiger partial charge on any atom is 0.303 e. The average molecular weight is 318 g/mol. The summed E-state index contributed by atoms with van der Waals surface area (Å²) in [5, 5.41) is 9.21. The van der Waals surface area contributed by atoms with Crippen LogP contribution in [0.4, 0.5) is 0 Å². The number of Topliss-reactive ketones (excluding diaryl/α,β-unsaturated/α-hetero) is 1. The molecule has 0 aromatic heterocycles. The number of carboxylic acid groups (broad SMARTS) is 1. The van der Waals surface area contributed by atoms with Crippen molar-refractivity contribution >= 4 is 11.8 Å². The number of hydrogen-bond donors (Lipinski definition) is 1. The van der Waals surface area contributed by atoms with Gasteiger partial charge in [-0.1, -0.05) is 26.0 Å². The van der Waals surface area contributed by atoms with Gasteiger partial charge in [0.25, 0.3) is 0 Å². The van der Waals surface area contributed by atoms with Gasteiger partial charge in [-0.05, 0) is 68.6 Å². The van der Waals surface area contributed by atoms with Gasteiger partial charge in [-0.2, -0.15) is 0 Å². The van der Waals surface area contributed by atoms with E-state index in [-0.39, 0.29) is 23.2 Å². The number of allylic oxidation sites excluding steroid dienone is 1. The monoisotopic (exact) mass is 318 g/mol. The van der Waals surface area contributed by atoms with Crippen LogP contribution in [0, 0.1) is 34.5 Å². The smallest absolute Gasteiger partial charge is 0.303 e. The molecule has 0 radical (unpaired) electrons. The Bertz CT molecular complexity index is 551. The third-order valence-electron chi connectivity index (χ3n) is 7.67. The van der Waals surface area contributed by atoms with Crippen molar-refractivity contribution < 1.29 is 14.7 Å². The lowest BCUT2D eigenvalue weighted by Gasteiger charge is -2.57. The second-order valence-corrected chi connectivity index (χ2v) is 8.74. The van der Waals surface area contributed by atoms with Crippen molar-refractivity contribution in [2.75, 3.05) is 0 Å². The summed E-state index contributed by atoms with van der Waals surface area (Å²) in [6.07, 6.45) is 6.10. The lowest BCUT2D eigenvalue weighted by molar-refractivity contribution is -0.146. The Morgan fingerprint density at radius 3 is 2.65 bits per heavy atom. The molecule has 0 heterocycles. The fourth-order valence-electron chi connectivity index (χ4n) is 6.60. The van der Waals surface area contributed by atoms with E-state index < -0.39 is 5.97 Å². The molecule has 1 N–H and O–H groups in total. The van der Waals surface area contributed by atoms with E-state index in [1.54, 1.807) is 0 Å². The van der Waals surface area contributed by atoms with E-state index in [2.05, 4.69) is 27.4 Å². The lowest BCUT2D eigenvalue weighted by Crippen LogP contribution is -2.53. The van der Waals surface area contributed by atoms with Crippen LogP contribution in [0.2, 0.25) is 0 Å². The normalized spacial score (nSPS) is 45.6. The Kier molecular flexibility index (Phi) is 3.97. The highest BCUT2D eigenvalue weighted by molar-refractivity contribution is 5.90. The van der Waals surface area contributed by atoms with Crippen LogP contribution in [-0.4, -0.2) is 16.9 Å². The third-order valence-corrected chi connectivity index (χ3v) is 7.67. The Morgan fingerprint density at radius 2 is 2.04 bits per heavy atom. The number of hydrogen-bond acceptors (Lipinski definition) is 2. The zero-order valence-corrected chi connectivity index (χ0v) is 14.7. The molecule has 3 aliphatic rings. The number of carbonyl (C=O) groups is 2. The van der Waals surface area contributed by atoms with E-state index >= 15 is 0 Å². The van der Waals surface area contributed by atoms with Gasteiger partial charge in [0.2, 0.25) is 0 Å². The van der Waals surface area contributed by atoms with Gasteiger partial charge in [0.05, 0.1) is 0 Å². The van der Waals surface area contributed by atoms with Crippen LogP contribution in [0.25, 0.3) is 0 Å². The SMILES string of the molecule is C=C(C)[C@H]1CC[C@@]23C[C@H](CC[C@H]2[C@]1(C)CCC(=O)O)C(C)C3=O. The highest BCUT2D eigenvalue weighted by atomic mass is 16.4. The Balaban J connectivity index is 2.00. The number of aliphatic carboxylic acids is 1. The molecule has 3 rings (SSSR count). The van der Waals surface area contributed by atoms with Gasteiger partial charge in [0.1, 0.15) is 5.78 Å². The fraction of sp³-hybridized carbons (Fsp3) is 0.800. The standard InChI is InChI=1S/C20H30O3/c1-12(2)15-7-10-20-11-14(13(3)18(20)23)5-6-16(20)19(15,4)9-8-17(21)22/h13-16H,1,5-11H2,2-4H3,(H,21,22)/t13?,14-,15+,16-,19+,20+/m0/s1. The van der Waals surface area contributed by atoms with Gasteiger partial charge in [0.15, 0.2) is 0 Å². The van der Waals surface area contributed by atoms with Gasteiger partial charge in [-0.3, -0.25) is 9.59 Å². The first-order valence-corrected chi connectivity index (χ1v) is 9.14. The molecular formula is C20H30O3. The minimum atomic E-state index is -0.730. The summed E-state index contributed by atoms with van der Waals surface area (Å²) in [7, 11) is 0. The number of carboxylic acids is 1. The lowest BCUT2D eigenvalue weighted by atomic mass is 9.46. The Hall–Kier alpha value is -1.12. The number of carbonyl (C=O) groups excluding carboxylic acids is 1. The largest absolute Gasteiger partial charge is 0.481 e. The van der Waals surface area contributed by atoms with Gasteiger partial charge in [0, 0.05) is 17.8 Å². The van der Waals surface area contributed by atoms with Crippen molar-refractivity contribution in [3.8, 4) is 0 Å². The third kappa shape index (κ3) is 2.30. The van der Waals surface area contributed by atoms with Crippen molar-refractivity contribution in [2.24, 2.45) is 34.5 Å². The molecule has 3 heteroatoms. The zero-order chi connectivity index (χ0) is 17.0. The van der Waals surface area contributed by atoms with Gasteiger partial charge >= 0.3 is 5.97 Å². The molecule has 2 bridgehead atoms.